The van der Waals surface area contributed by atoms with E-state index in [-0.39, 0.29) is 0 Å². The van der Waals surface area contributed by atoms with E-state index in [1.54, 1.807) is 35.7 Å². The fraction of sp³-hybridized carbons (Fsp3) is 0.257. The number of nitrogens with zero attached hydrogens (tertiary/aromatic N) is 5. The summed E-state index contributed by atoms with van der Waals surface area (Å²) in [7, 11) is 4.00. The van der Waals surface area contributed by atoms with E-state index < -0.39 is 23.1 Å². The Morgan fingerprint density at radius 3 is 2.47 bits per heavy atom. The first kappa shape index (κ1) is 32.0. The van der Waals surface area contributed by atoms with Crippen molar-refractivity contribution < 1.29 is 18.3 Å². The first-order valence-corrected chi connectivity index (χ1v) is 16.3. The number of anilines is 4. The molecule has 0 unspecified atom stereocenters. The van der Waals surface area contributed by atoms with E-state index in [1.807, 2.05) is 50.5 Å². The Morgan fingerprint density at radius 1 is 0.936 bits per heavy atom. The van der Waals surface area contributed by atoms with Gasteiger partial charge in [-0.3, -0.25) is 4.79 Å². The fourth-order valence-corrected chi connectivity index (χ4v) is 6.34. The highest BCUT2D eigenvalue weighted by Crippen LogP contribution is 2.41. The second-order valence-electron chi connectivity index (χ2n) is 11.4. The molecule has 2 aromatic heterocycles. The summed E-state index contributed by atoms with van der Waals surface area (Å²) >= 11 is 1.55. The number of nitrogens with one attached hydrogen (secondary N) is 2. The number of hydrogen-bond donors (Lipinski definition) is 2. The second kappa shape index (κ2) is 14.7. The lowest BCUT2D eigenvalue weighted by molar-refractivity contribution is 0.101. The zero-order valence-electron chi connectivity index (χ0n) is 26.2. The van der Waals surface area contributed by atoms with Gasteiger partial charge >= 0.3 is 0 Å². The Morgan fingerprint density at radius 2 is 1.68 bits per heavy atom. The standard InChI is InChI=1S/C35H35F2N7O2S/c1-43(2)19-20-46-26-12-7-11-25(22-26)40-34-38-16-15-29(41-34)32-31(42-35(47-32)44-17-4-3-5-18-44)23-9-6-10-24(21-23)39-33(45)30-27(36)13-8-14-28(30)37/h6-16,21-22H,3-5,17-20H2,1-2H3,(H,39,45)(H,38,40,41). The molecule has 242 valence electrons. The Balaban J connectivity index is 1.30. The van der Waals surface area contributed by atoms with Gasteiger partial charge in [0.05, 0.1) is 16.3 Å². The van der Waals surface area contributed by atoms with Gasteiger partial charge in [0.1, 0.15) is 29.6 Å². The van der Waals surface area contributed by atoms with Crippen molar-refractivity contribution in [1.29, 1.82) is 0 Å². The Labute approximate surface area is 276 Å². The molecule has 1 saturated heterocycles. The van der Waals surface area contributed by atoms with Crippen molar-refractivity contribution >= 4 is 39.7 Å². The molecule has 0 bridgehead atoms. The van der Waals surface area contributed by atoms with Crippen molar-refractivity contribution in [3.05, 3.63) is 96.2 Å². The fourth-order valence-electron chi connectivity index (χ4n) is 5.24. The second-order valence-corrected chi connectivity index (χ2v) is 12.4. The number of benzene rings is 3. The highest BCUT2D eigenvalue weighted by molar-refractivity contribution is 7.19. The summed E-state index contributed by atoms with van der Waals surface area (Å²) in [6.45, 7) is 3.21. The summed E-state index contributed by atoms with van der Waals surface area (Å²) in [4.78, 5) is 32.4. The highest BCUT2D eigenvalue weighted by Gasteiger charge is 2.23. The molecule has 12 heteroatoms. The SMILES string of the molecule is CN(C)CCOc1cccc(Nc2nccc(-c3sc(N4CCCCC4)nc3-c3cccc(NC(=O)c4c(F)cccc4F)c3)n2)c1. The minimum Gasteiger partial charge on any atom is -0.492 e. The van der Waals surface area contributed by atoms with Gasteiger partial charge in [0.15, 0.2) is 5.13 Å². The molecule has 0 atom stereocenters. The van der Waals surface area contributed by atoms with E-state index in [9.17, 15) is 13.6 Å². The number of piperidine rings is 1. The van der Waals surface area contributed by atoms with Crippen molar-refractivity contribution in [2.24, 2.45) is 0 Å². The molecule has 1 fully saturated rings. The van der Waals surface area contributed by atoms with Crippen LogP contribution in [0.5, 0.6) is 5.75 Å². The highest BCUT2D eigenvalue weighted by atomic mass is 32.1. The Hall–Kier alpha value is -4.94. The largest absolute Gasteiger partial charge is 0.492 e. The van der Waals surface area contributed by atoms with E-state index in [2.05, 4.69) is 25.4 Å². The zero-order chi connectivity index (χ0) is 32.8. The van der Waals surface area contributed by atoms with Gasteiger partial charge in [-0.2, -0.15) is 0 Å². The van der Waals surface area contributed by atoms with Crippen LogP contribution < -0.4 is 20.3 Å². The van der Waals surface area contributed by atoms with Crippen LogP contribution in [0.1, 0.15) is 29.6 Å². The van der Waals surface area contributed by atoms with Crippen LogP contribution in [0.25, 0.3) is 21.8 Å². The maximum absolute atomic E-state index is 14.3. The molecule has 0 spiro atoms. The van der Waals surface area contributed by atoms with E-state index >= 15 is 0 Å². The lowest BCUT2D eigenvalue weighted by Gasteiger charge is -2.25. The molecule has 1 aliphatic rings. The zero-order valence-corrected chi connectivity index (χ0v) is 27.0. The lowest BCUT2D eigenvalue weighted by atomic mass is 10.1. The quantitative estimate of drug-likeness (QED) is 0.151. The van der Waals surface area contributed by atoms with Gasteiger partial charge in [0, 0.05) is 48.8 Å². The molecule has 3 heterocycles. The molecule has 2 N–H and O–H groups in total. The van der Waals surface area contributed by atoms with Crippen molar-refractivity contribution in [3.8, 4) is 27.6 Å². The van der Waals surface area contributed by atoms with Crippen LogP contribution in [0.15, 0.2) is 79.0 Å². The topological polar surface area (TPSA) is 95.5 Å². The summed E-state index contributed by atoms with van der Waals surface area (Å²) in [5.74, 6) is -1.57. The first-order valence-electron chi connectivity index (χ1n) is 15.4. The van der Waals surface area contributed by atoms with Crippen LogP contribution in [0.3, 0.4) is 0 Å². The molecule has 3 aromatic carbocycles. The summed E-state index contributed by atoms with van der Waals surface area (Å²) in [5, 5.41) is 6.81. The van der Waals surface area contributed by atoms with Gasteiger partial charge in [0.25, 0.3) is 5.91 Å². The third-order valence-electron chi connectivity index (χ3n) is 7.61. The van der Waals surface area contributed by atoms with E-state index in [0.717, 1.165) is 71.6 Å². The number of thiazole rings is 1. The smallest absolute Gasteiger partial charge is 0.261 e. The molecule has 0 aliphatic carbocycles. The van der Waals surface area contributed by atoms with E-state index in [0.29, 0.717) is 29.6 Å². The average molecular weight is 656 g/mol. The van der Waals surface area contributed by atoms with Crippen molar-refractivity contribution in [1.82, 2.24) is 19.9 Å². The number of ether oxygens (including phenoxy) is 1. The van der Waals surface area contributed by atoms with Crippen LogP contribution in [-0.2, 0) is 0 Å². The maximum Gasteiger partial charge on any atom is 0.261 e. The number of amides is 1. The van der Waals surface area contributed by atoms with Crippen molar-refractivity contribution in [2.45, 2.75) is 19.3 Å². The lowest BCUT2D eigenvalue weighted by Crippen LogP contribution is -2.29. The molecular formula is C35H35F2N7O2S. The van der Waals surface area contributed by atoms with Crippen LogP contribution in [0.2, 0.25) is 0 Å². The van der Waals surface area contributed by atoms with Crippen molar-refractivity contribution in [2.75, 3.05) is 55.9 Å². The van der Waals surface area contributed by atoms with Gasteiger partial charge in [-0.25, -0.2) is 23.7 Å². The first-order chi connectivity index (χ1) is 22.8. The molecular weight excluding hydrogens is 620 g/mol. The third kappa shape index (κ3) is 7.90. The van der Waals surface area contributed by atoms with Crippen molar-refractivity contribution in [3.63, 3.8) is 0 Å². The predicted molar refractivity (Wildman–Crippen MR) is 183 cm³/mol. The minimum absolute atomic E-state index is 0.381. The van der Waals surface area contributed by atoms with Gasteiger partial charge in [0.2, 0.25) is 5.95 Å². The van der Waals surface area contributed by atoms with Crippen LogP contribution >= 0.6 is 11.3 Å². The Bertz CT molecular complexity index is 1840. The molecule has 0 saturated carbocycles. The van der Waals surface area contributed by atoms with E-state index in [4.69, 9.17) is 14.7 Å². The number of halogens is 2. The summed E-state index contributed by atoms with van der Waals surface area (Å²) in [6.07, 6.45) is 5.08. The van der Waals surface area contributed by atoms with Crippen LogP contribution in [0.4, 0.5) is 31.2 Å². The molecule has 1 amide bonds. The summed E-state index contributed by atoms with van der Waals surface area (Å²) in [5.41, 5.74) is 2.63. The van der Waals surface area contributed by atoms with Crippen LogP contribution in [-0.4, -0.2) is 66.1 Å². The normalized spacial score (nSPS) is 13.1. The number of hydrogen-bond acceptors (Lipinski definition) is 9. The summed E-state index contributed by atoms with van der Waals surface area (Å²) < 4.78 is 34.5. The number of aromatic nitrogens is 3. The number of rotatable bonds is 11. The number of carbonyl (C=O) groups excluding carboxylic acids is 1. The number of likely N-dealkylation sites (N-methyl/N-ethyl adjacent to an activating group) is 1. The van der Waals surface area contributed by atoms with Gasteiger partial charge < -0.3 is 25.2 Å². The molecule has 6 rings (SSSR count). The predicted octanol–water partition coefficient (Wildman–Crippen LogP) is 7.47. The van der Waals surface area contributed by atoms with Gasteiger partial charge in [-0.1, -0.05) is 35.6 Å². The monoisotopic (exact) mass is 655 g/mol. The molecule has 0 radical (unpaired) electrons. The molecule has 47 heavy (non-hydrogen) atoms. The summed E-state index contributed by atoms with van der Waals surface area (Å²) in [6, 6.07) is 19.9. The minimum atomic E-state index is -0.927. The number of carbonyl (C=O) groups is 1. The average Bonchev–Trinajstić information content (AvgIpc) is 3.51. The molecule has 1 aliphatic heterocycles. The third-order valence-corrected chi connectivity index (χ3v) is 8.75. The van der Waals surface area contributed by atoms with Gasteiger partial charge in [-0.15, -0.1) is 0 Å². The molecule has 5 aromatic rings. The van der Waals surface area contributed by atoms with E-state index in [1.165, 1.54) is 12.5 Å². The molecule has 9 nitrogen and oxygen atoms in total. The maximum atomic E-state index is 14.3. The Kier molecular flexibility index (Phi) is 9.98. The van der Waals surface area contributed by atoms with Gasteiger partial charge in [-0.05, 0) is 75.8 Å². The van der Waals surface area contributed by atoms with Crippen LogP contribution in [0, 0.1) is 11.6 Å².